The van der Waals surface area contributed by atoms with Gasteiger partial charge < -0.3 is 18.9 Å². The maximum atomic E-state index is 16.2. The first kappa shape index (κ1) is 51.8. The summed E-state index contributed by atoms with van der Waals surface area (Å²) in [7, 11) is -4.07. The monoisotopic (exact) mass is 1110 g/mol. The molecule has 0 bridgehead atoms. The highest BCUT2D eigenvalue weighted by Crippen LogP contribution is 2.47. The molecular weight excluding hydrogens is 1040 g/mol. The Bertz CT molecular complexity index is 4540. The minimum Gasteiger partial charge on any atom is -0.311 e. The van der Waals surface area contributed by atoms with E-state index in [1.807, 2.05) is 0 Å². The molecule has 0 amide bonds. The molecule has 10 aromatic carbocycles. The molecule has 0 unspecified atom stereocenters. The molecule has 82 heavy (non-hydrogen) atoms. The average Bonchev–Trinajstić information content (AvgIpc) is 2.32. The number of rotatable bonds is 6. The number of aromatic nitrogens is 2. The molecule has 4 heterocycles. The largest absolute Gasteiger partial charge is 0.311 e. The van der Waals surface area contributed by atoms with Crippen LogP contribution in [0.2, 0.25) is 26.2 Å². The molecule has 2 aromatic heterocycles. The van der Waals surface area contributed by atoms with E-state index in [4.69, 9.17) is 0 Å². The van der Waals surface area contributed by atoms with Crippen LogP contribution in [0.15, 0.2) is 200 Å². The van der Waals surface area contributed by atoms with E-state index < -0.39 is 16.1 Å². The van der Waals surface area contributed by atoms with Gasteiger partial charge in [-0.25, -0.2) is 8.78 Å². The van der Waals surface area contributed by atoms with Gasteiger partial charge in [-0.05, 0) is 169 Å². The number of fused-ring (bicyclic) bond motifs is 10. The van der Waals surface area contributed by atoms with Crippen LogP contribution in [0.3, 0.4) is 0 Å². The van der Waals surface area contributed by atoms with Crippen molar-refractivity contribution in [3.63, 3.8) is 0 Å². The van der Waals surface area contributed by atoms with Crippen molar-refractivity contribution >= 4 is 115 Å². The van der Waals surface area contributed by atoms with Gasteiger partial charge in [-0.1, -0.05) is 172 Å². The van der Waals surface area contributed by atoms with Crippen molar-refractivity contribution in [1.82, 2.24) is 9.13 Å². The standard InChI is InChI=1S/C74H68F2N4Si2/c1-12-55-56(34-36-65-72(55)58-33-31-52(45-67(58)80(65)54-41-48(74(5,6)7)39-50(76)43-54)78-63-23-15-19-27-70(63)82(10,11)71-28-20-16-24-64(71)78)46-29-35-60-59(37-46)57-32-30-51(44-66(57)79(60)53-40-47(73(2,3)4)38-49(75)42-53)77-61-21-13-17-25-68(61)81(8,9)69-26-18-14-22-62(69)77/h13-45H,12H2,1-11H3. The van der Waals surface area contributed by atoms with Crippen molar-refractivity contribution in [3.8, 4) is 22.5 Å². The molecule has 4 nitrogen and oxygen atoms in total. The van der Waals surface area contributed by atoms with Crippen molar-refractivity contribution in [1.29, 1.82) is 0 Å². The van der Waals surface area contributed by atoms with Crippen LogP contribution in [-0.2, 0) is 17.3 Å². The Morgan fingerprint density at radius 3 is 1.24 bits per heavy atom. The number of hydrogen-bond acceptors (Lipinski definition) is 2. The van der Waals surface area contributed by atoms with E-state index in [2.05, 4.69) is 270 Å². The number of aryl methyl sites for hydroxylation is 1. The predicted molar refractivity (Wildman–Crippen MR) is 350 cm³/mol. The molecule has 0 saturated heterocycles. The maximum Gasteiger partial charge on any atom is 0.125 e. The number of hydrogen-bond donors (Lipinski definition) is 0. The van der Waals surface area contributed by atoms with Crippen LogP contribution in [0.25, 0.3) is 66.1 Å². The molecule has 0 spiro atoms. The lowest BCUT2D eigenvalue weighted by Crippen LogP contribution is -2.58. The summed E-state index contributed by atoms with van der Waals surface area (Å²) < 4.78 is 37.0. The van der Waals surface area contributed by atoms with Crippen LogP contribution in [0, 0.1) is 11.6 Å². The number of halogens is 2. The SMILES string of the molecule is CCc1c(-c2ccc3c(c2)c2ccc(N4c5ccccc5[Si](C)(C)c5ccccc54)cc2n3-c2cc(F)cc(C(C)(C)C)c2)ccc2c1c1ccc(N3c4ccccc4[Si](C)(C)c4ccccc43)cc1n2-c1cc(F)cc(C(C)(C)C)c1. The van der Waals surface area contributed by atoms with Gasteiger partial charge in [0.15, 0.2) is 0 Å². The first-order valence-corrected chi connectivity index (χ1v) is 35.0. The molecule has 0 radical (unpaired) electrons. The molecule has 2 aliphatic rings. The number of nitrogens with zero attached hydrogens (tertiary/aromatic N) is 4. The highest BCUT2D eigenvalue weighted by molar-refractivity contribution is 7.03. The average molecular weight is 1110 g/mol. The van der Waals surface area contributed by atoms with E-state index in [1.165, 1.54) is 49.1 Å². The Morgan fingerprint density at radius 1 is 0.378 bits per heavy atom. The number of para-hydroxylation sites is 4. The van der Waals surface area contributed by atoms with Crippen molar-refractivity contribution in [2.45, 2.75) is 91.9 Å². The van der Waals surface area contributed by atoms with Gasteiger partial charge in [0.1, 0.15) is 27.8 Å². The fourth-order valence-corrected chi connectivity index (χ4v) is 20.0. The third kappa shape index (κ3) is 7.85. The first-order chi connectivity index (χ1) is 39.2. The lowest BCUT2D eigenvalue weighted by molar-refractivity contribution is 0.571. The quantitative estimate of drug-likeness (QED) is 0.154. The Balaban J connectivity index is 1.00. The van der Waals surface area contributed by atoms with Crippen molar-refractivity contribution in [2.24, 2.45) is 0 Å². The fraction of sp³-hybridized carbons (Fsp3) is 0.189. The van der Waals surface area contributed by atoms with E-state index in [0.29, 0.717) is 0 Å². The first-order valence-electron chi connectivity index (χ1n) is 29.0. The minimum atomic E-state index is -2.04. The van der Waals surface area contributed by atoms with Crippen molar-refractivity contribution in [2.75, 3.05) is 9.80 Å². The molecule has 2 aliphatic heterocycles. The smallest absolute Gasteiger partial charge is 0.125 e. The van der Waals surface area contributed by atoms with E-state index in [9.17, 15) is 0 Å². The van der Waals surface area contributed by atoms with Crippen molar-refractivity contribution in [3.05, 3.63) is 229 Å². The zero-order chi connectivity index (χ0) is 56.9. The second-order valence-corrected chi connectivity index (χ2v) is 34.7. The summed E-state index contributed by atoms with van der Waals surface area (Å²) in [4.78, 5) is 4.88. The van der Waals surface area contributed by atoms with Gasteiger partial charge >= 0.3 is 0 Å². The minimum absolute atomic E-state index is 0.254. The zero-order valence-corrected chi connectivity index (χ0v) is 50.8. The van der Waals surface area contributed by atoms with E-state index in [-0.39, 0.29) is 22.5 Å². The zero-order valence-electron chi connectivity index (χ0n) is 48.8. The highest BCUT2D eigenvalue weighted by atomic mass is 28.3. The summed E-state index contributed by atoms with van der Waals surface area (Å²) >= 11 is 0. The van der Waals surface area contributed by atoms with Gasteiger partial charge in [-0.15, -0.1) is 0 Å². The summed E-state index contributed by atoms with van der Waals surface area (Å²) in [5, 5.41) is 10.1. The summed E-state index contributed by atoms with van der Waals surface area (Å²) in [5.41, 5.74) is 17.4. The summed E-state index contributed by atoms with van der Waals surface area (Å²) in [6.07, 6.45) is 0.761. The maximum absolute atomic E-state index is 16.2. The van der Waals surface area contributed by atoms with Gasteiger partial charge in [-0.2, -0.15) is 0 Å². The van der Waals surface area contributed by atoms with Gasteiger partial charge in [0, 0.05) is 67.0 Å². The molecule has 0 saturated carbocycles. The van der Waals surface area contributed by atoms with E-state index in [0.717, 1.165) is 95.0 Å². The van der Waals surface area contributed by atoms with Crippen LogP contribution < -0.4 is 30.5 Å². The Morgan fingerprint density at radius 2 is 0.793 bits per heavy atom. The molecule has 8 heteroatoms. The topological polar surface area (TPSA) is 16.3 Å². The molecule has 0 aliphatic carbocycles. The van der Waals surface area contributed by atoms with Crippen LogP contribution in [0.5, 0.6) is 0 Å². The Hall–Kier alpha value is -8.31. The van der Waals surface area contributed by atoms with Gasteiger partial charge in [-0.3, -0.25) is 0 Å². The third-order valence-electron chi connectivity index (χ3n) is 18.2. The van der Waals surface area contributed by atoms with Crippen molar-refractivity contribution < 1.29 is 8.78 Å². The normalized spacial score (nSPS) is 14.6. The van der Waals surface area contributed by atoms with Crippen LogP contribution in [-0.4, -0.2) is 25.3 Å². The Labute approximate surface area is 482 Å². The second-order valence-electron chi connectivity index (χ2n) is 26.0. The highest BCUT2D eigenvalue weighted by Gasteiger charge is 2.40. The van der Waals surface area contributed by atoms with Gasteiger partial charge in [0.25, 0.3) is 0 Å². The lowest BCUT2D eigenvalue weighted by Gasteiger charge is -2.41. The van der Waals surface area contributed by atoms with E-state index >= 15 is 8.78 Å². The molecule has 0 N–H and O–H groups in total. The molecule has 14 rings (SSSR count). The lowest BCUT2D eigenvalue weighted by atomic mass is 9.86. The molecule has 406 valence electrons. The Kier molecular flexibility index (Phi) is 11.6. The molecule has 0 atom stereocenters. The van der Waals surface area contributed by atoms with Crippen LogP contribution in [0.1, 0.15) is 65.2 Å². The number of anilines is 6. The van der Waals surface area contributed by atoms with Crippen LogP contribution in [0.4, 0.5) is 42.9 Å². The third-order valence-corrected chi connectivity index (χ3v) is 25.3. The fourth-order valence-electron chi connectivity index (χ4n) is 14.0. The summed E-state index contributed by atoms with van der Waals surface area (Å²) in [6.45, 7) is 25.0. The molecule has 12 aromatic rings. The van der Waals surface area contributed by atoms with Gasteiger partial charge in [0.2, 0.25) is 0 Å². The van der Waals surface area contributed by atoms with E-state index in [1.54, 1.807) is 24.3 Å². The number of benzene rings is 10. The predicted octanol–water partition coefficient (Wildman–Crippen LogP) is 18.2. The van der Waals surface area contributed by atoms with Crippen LogP contribution >= 0.6 is 0 Å². The van der Waals surface area contributed by atoms with Gasteiger partial charge in [0.05, 0.1) is 22.1 Å². The second kappa shape index (κ2) is 18.4. The molecular formula is C74H68F2N4Si2. The molecule has 0 fully saturated rings. The summed E-state index contributed by atoms with van der Waals surface area (Å²) in [5.74, 6) is -0.511. The summed E-state index contributed by atoms with van der Waals surface area (Å²) in [6, 6.07) is 71.9.